The lowest BCUT2D eigenvalue weighted by atomic mass is 10.00. The van der Waals surface area contributed by atoms with Gasteiger partial charge in [0, 0.05) is 43.7 Å². The number of likely N-dealkylation sites (N-methyl/N-ethyl adjacent to an activating group) is 2. The van der Waals surface area contributed by atoms with Crippen LogP contribution in [0.5, 0.6) is 5.88 Å². The van der Waals surface area contributed by atoms with Gasteiger partial charge >= 0.3 is 5.97 Å². The van der Waals surface area contributed by atoms with Crippen LogP contribution in [0.15, 0.2) is 77.8 Å². The third-order valence-corrected chi connectivity index (χ3v) is 7.95. The van der Waals surface area contributed by atoms with Crippen molar-refractivity contribution in [2.24, 2.45) is 4.99 Å². The lowest BCUT2D eigenvalue weighted by Gasteiger charge is -2.45. The molecular weight excluding hydrogens is 562 g/mol. The van der Waals surface area contributed by atoms with Gasteiger partial charge in [-0.1, -0.05) is 36.4 Å². The zero-order valence-corrected chi connectivity index (χ0v) is 25.2. The van der Waals surface area contributed by atoms with Crippen LogP contribution >= 0.6 is 0 Å². The van der Waals surface area contributed by atoms with Crippen molar-refractivity contribution >= 4 is 45.8 Å². The van der Waals surface area contributed by atoms with Gasteiger partial charge in [-0.15, -0.1) is 0 Å². The fourth-order valence-electron chi connectivity index (χ4n) is 5.34. The molecule has 4 aromatic rings. The number of hydrogen-bond donors (Lipinski definition) is 1. The van der Waals surface area contributed by atoms with Gasteiger partial charge in [0.25, 0.3) is 0 Å². The van der Waals surface area contributed by atoms with Crippen LogP contribution < -0.4 is 4.90 Å². The van der Waals surface area contributed by atoms with Gasteiger partial charge in [0.2, 0.25) is 17.7 Å². The number of hydrogen-bond acceptors (Lipinski definition) is 8. The molecule has 11 heteroatoms. The molecule has 1 aliphatic heterocycles. The number of carbonyl (C=O) groups excluding carboxylic acids is 3. The number of amides is 1. The van der Waals surface area contributed by atoms with E-state index in [0.717, 1.165) is 4.57 Å². The number of methoxy groups -OCH3 is 1. The highest BCUT2D eigenvalue weighted by Gasteiger charge is 2.26. The Hall–Kier alpha value is -4.84. The summed E-state index contributed by atoms with van der Waals surface area (Å²) in [4.78, 5) is 46.4. The number of esters is 1. The first-order chi connectivity index (χ1) is 21.0. The Bertz CT molecular complexity index is 1730. The van der Waals surface area contributed by atoms with Gasteiger partial charge in [-0.05, 0) is 36.4 Å². The van der Waals surface area contributed by atoms with E-state index in [0.29, 0.717) is 65.3 Å². The number of aliphatic imine (C=N–C) groups is 1. The molecule has 228 valence electrons. The standard InChI is InChI=1S/C33H35N5O6/c1-22(39)37-28-20-24(33(42)44-4)10-15-27(28)30(32(37)41)31(23-8-6-5-7-9-23)34-25-11-13-26(14-12-25)35(2)29(40)21-36-16-18-38(3,43)19-17-36/h5-15,20,41H,16-19,21H2,1-4H3. The Morgan fingerprint density at radius 2 is 1.66 bits per heavy atom. The molecule has 44 heavy (non-hydrogen) atoms. The number of rotatable bonds is 7. The highest BCUT2D eigenvalue weighted by molar-refractivity contribution is 6.23. The van der Waals surface area contributed by atoms with Crippen molar-refractivity contribution in [3.8, 4) is 5.88 Å². The smallest absolute Gasteiger partial charge is 0.337 e. The number of quaternary nitrogens is 1. The third kappa shape index (κ3) is 6.25. The highest BCUT2D eigenvalue weighted by atomic mass is 16.5. The van der Waals surface area contributed by atoms with Crippen molar-refractivity contribution in [3.63, 3.8) is 0 Å². The normalized spacial score (nSPS) is 15.2. The van der Waals surface area contributed by atoms with Crippen LogP contribution in [0.25, 0.3) is 10.9 Å². The van der Waals surface area contributed by atoms with Crippen LogP contribution in [-0.2, 0) is 9.53 Å². The maximum absolute atomic E-state index is 13.0. The van der Waals surface area contributed by atoms with Gasteiger partial charge in [-0.25, -0.2) is 9.79 Å². The molecule has 3 aromatic carbocycles. The fourth-order valence-corrected chi connectivity index (χ4v) is 5.34. The first-order valence-corrected chi connectivity index (χ1v) is 14.2. The number of fused-ring (bicyclic) bond motifs is 1. The first-order valence-electron chi connectivity index (χ1n) is 14.2. The number of aromatic hydroxyl groups is 1. The van der Waals surface area contributed by atoms with Gasteiger partial charge in [0.05, 0.1) is 61.8 Å². The second kappa shape index (κ2) is 12.4. The van der Waals surface area contributed by atoms with E-state index in [-0.39, 0.29) is 28.5 Å². The summed E-state index contributed by atoms with van der Waals surface area (Å²) in [7, 11) is 4.64. The molecule has 11 nitrogen and oxygen atoms in total. The molecule has 0 aliphatic carbocycles. The van der Waals surface area contributed by atoms with Crippen molar-refractivity contribution in [1.82, 2.24) is 9.47 Å². The molecule has 1 aliphatic rings. The predicted octanol–water partition coefficient (Wildman–Crippen LogP) is 4.19. The number of anilines is 1. The minimum Gasteiger partial charge on any atom is -0.633 e. The Labute approximate surface area is 255 Å². The summed E-state index contributed by atoms with van der Waals surface area (Å²) in [5.74, 6) is -1.38. The minimum atomic E-state index is -0.564. The van der Waals surface area contributed by atoms with Gasteiger partial charge in [-0.2, -0.15) is 0 Å². The van der Waals surface area contributed by atoms with Crippen molar-refractivity contribution in [3.05, 3.63) is 94.7 Å². The Kier molecular flexibility index (Phi) is 8.63. The maximum Gasteiger partial charge on any atom is 0.337 e. The maximum atomic E-state index is 13.0. The Morgan fingerprint density at radius 1 is 1.00 bits per heavy atom. The number of carbonyl (C=O) groups is 3. The number of piperazine rings is 1. The van der Waals surface area contributed by atoms with E-state index >= 15 is 0 Å². The van der Waals surface area contributed by atoms with Crippen LogP contribution in [-0.4, -0.2) is 96.6 Å². The summed E-state index contributed by atoms with van der Waals surface area (Å²) < 4.78 is 5.71. The molecular formula is C33H35N5O6. The molecule has 1 N–H and O–H groups in total. The zero-order chi connectivity index (χ0) is 31.6. The van der Waals surface area contributed by atoms with Gasteiger partial charge in [0.1, 0.15) is 0 Å². The van der Waals surface area contributed by atoms with Crippen LogP contribution in [0.3, 0.4) is 0 Å². The van der Waals surface area contributed by atoms with E-state index in [2.05, 4.69) is 0 Å². The third-order valence-electron chi connectivity index (χ3n) is 7.95. The van der Waals surface area contributed by atoms with Crippen molar-refractivity contribution in [2.75, 3.05) is 58.8 Å². The molecule has 0 unspecified atom stereocenters. The molecule has 1 amide bonds. The van der Waals surface area contributed by atoms with E-state index in [1.165, 1.54) is 20.1 Å². The number of nitrogens with zero attached hydrogens (tertiary/aromatic N) is 5. The van der Waals surface area contributed by atoms with Crippen LogP contribution in [0.4, 0.5) is 11.4 Å². The molecule has 2 heterocycles. The molecule has 0 radical (unpaired) electrons. The largest absolute Gasteiger partial charge is 0.633 e. The van der Waals surface area contributed by atoms with Gasteiger partial charge in [-0.3, -0.25) is 19.1 Å². The summed E-state index contributed by atoms with van der Waals surface area (Å²) in [5.41, 5.74) is 3.29. The van der Waals surface area contributed by atoms with E-state index in [9.17, 15) is 24.7 Å². The van der Waals surface area contributed by atoms with Crippen LogP contribution in [0.2, 0.25) is 0 Å². The number of hydroxylamine groups is 3. The molecule has 0 atom stereocenters. The predicted molar refractivity (Wildman–Crippen MR) is 169 cm³/mol. The first kappa shape index (κ1) is 30.6. The van der Waals surface area contributed by atoms with E-state index in [1.807, 2.05) is 35.2 Å². The molecule has 0 bridgehead atoms. The lowest BCUT2D eigenvalue weighted by molar-refractivity contribution is -0.865. The fraction of sp³-hybridized carbons (Fsp3) is 0.273. The second-order valence-electron chi connectivity index (χ2n) is 11.1. The summed E-state index contributed by atoms with van der Waals surface area (Å²) in [5, 5.41) is 24.1. The summed E-state index contributed by atoms with van der Waals surface area (Å²) in [6.07, 6.45) is 0. The number of aromatic nitrogens is 1. The molecule has 0 spiro atoms. The zero-order valence-electron chi connectivity index (χ0n) is 25.2. The summed E-state index contributed by atoms with van der Waals surface area (Å²) in [6, 6.07) is 21.2. The van der Waals surface area contributed by atoms with Gasteiger partial charge in [0.15, 0.2) is 0 Å². The van der Waals surface area contributed by atoms with Crippen LogP contribution in [0.1, 0.15) is 33.2 Å². The molecule has 1 fully saturated rings. The molecule has 0 saturated carbocycles. The quantitative estimate of drug-likeness (QED) is 0.147. The Morgan fingerprint density at radius 3 is 2.27 bits per heavy atom. The SMILES string of the molecule is COC(=O)c1ccc2c(C(=Nc3ccc(N(C)C(=O)CN4CC[N+](C)([O-])CC4)cc3)c3ccccc3)c(O)n(C(C)=O)c2c1. The van der Waals surface area contributed by atoms with Crippen molar-refractivity contribution < 1.29 is 28.9 Å². The minimum absolute atomic E-state index is 0.0819. The lowest BCUT2D eigenvalue weighted by Crippen LogP contribution is -2.55. The van der Waals surface area contributed by atoms with E-state index in [4.69, 9.17) is 9.73 Å². The highest BCUT2D eigenvalue weighted by Crippen LogP contribution is 2.35. The summed E-state index contributed by atoms with van der Waals surface area (Å²) >= 11 is 0. The molecule has 1 aromatic heterocycles. The van der Waals surface area contributed by atoms with Crippen molar-refractivity contribution in [2.45, 2.75) is 6.92 Å². The average molecular weight is 598 g/mol. The monoisotopic (exact) mass is 597 g/mol. The van der Waals surface area contributed by atoms with Gasteiger partial charge < -0.3 is 24.6 Å². The number of ether oxygens (including phenoxy) is 1. The molecule has 5 rings (SSSR count). The van der Waals surface area contributed by atoms with E-state index < -0.39 is 11.9 Å². The second-order valence-corrected chi connectivity index (χ2v) is 11.1. The van der Waals surface area contributed by atoms with E-state index in [1.54, 1.807) is 55.4 Å². The average Bonchev–Trinajstić information content (AvgIpc) is 3.31. The topological polar surface area (TPSA) is 128 Å². The number of benzene rings is 3. The van der Waals surface area contributed by atoms with Crippen molar-refractivity contribution in [1.29, 1.82) is 0 Å². The summed E-state index contributed by atoms with van der Waals surface area (Å²) in [6.45, 7) is 3.63. The molecule has 1 saturated heterocycles. The van der Waals surface area contributed by atoms with Crippen LogP contribution in [0, 0.1) is 5.21 Å². The Balaban J connectivity index is 1.50.